The summed E-state index contributed by atoms with van der Waals surface area (Å²) in [5.41, 5.74) is 5.20. The molecule has 3 aromatic heterocycles. The Balaban J connectivity index is 2.27. The van der Waals surface area contributed by atoms with E-state index in [4.69, 9.17) is 4.74 Å². The molecule has 0 radical (unpaired) electrons. The van der Waals surface area contributed by atoms with Crippen molar-refractivity contribution in [2.75, 3.05) is 7.11 Å². The summed E-state index contributed by atoms with van der Waals surface area (Å²) in [4.78, 5) is 4.42. The van der Waals surface area contributed by atoms with Crippen LogP contribution in [0.15, 0.2) is 24.5 Å². The molecule has 0 unspecified atom stereocenters. The van der Waals surface area contributed by atoms with Crippen LogP contribution in [0, 0.1) is 6.92 Å². The molecule has 0 fully saturated rings. The number of ether oxygens (including phenoxy) is 1. The molecular weight excluding hydrogens is 240 g/mol. The van der Waals surface area contributed by atoms with Gasteiger partial charge in [0.2, 0.25) is 0 Å². The normalized spacial score (nSPS) is 11.3. The molecule has 98 valence electrons. The molecule has 0 aliphatic heterocycles. The first-order valence-electron chi connectivity index (χ1n) is 6.15. The molecule has 5 nitrogen and oxygen atoms in total. The Hall–Kier alpha value is -2.14. The summed E-state index contributed by atoms with van der Waals surface area (Å²) in [5.74, 6) is 0. The fraction of sp³-hybridized carbons (Fsp3) is 0.286. The number of aryl methyl sites for hydroxylation is 2. The molecule has 3 aromatic rings. The van der Waals surface area contributed by atoms with Gasteiger partial charge in [0, 0.05) is 43.2 Å². The minimum absolute atomic E-state index is 0.496. The number of nitrogens with zero attached hydrogens (tertiary/aromatic N) is 3. The van der Waals surface area contributed by atoms with Crippen molar-refractivity contribution in [3.8, 4) is 11.1 Å². The van der Waals surface area contributed by atoms with Crippen LogP contribution in [0.25, 0.3) is 22.2 Å². The third kappa shape index (κ3) is 1.82. The number of aromatic amines is 1. The first-order valence-corrected chi connectivity index (χ1v) is 6.15. The molecule has 0 aromatic carbocycles. The zero-order valence-corrected chi connectivity index (χ0v) is 11.3. The van der Waals surface area contributed by atoms with Crippen molar-refractivity contribution in [3.63, 3.8) is 0 Å². The van der Waals surface area contributed by atoms with Crippen LogP contribution < -0.4 is 0 Å². The lowest BCUT2D eigenvalue weighted by Gasteiger charge is -2.06. The number of hydrogen-bond acceptors (Lipinski definition) is 3. The second-order valence-corrected chi connectivity index (χ2v) is 4.63. The second-order valence-electron chi connectivity index (χ2n) is 4.63. The zero-order chi connectivity index (χ0) is 13.4. The van der Waals surface area contributed by atoms with E-state index in [-0.39, 0.29) is 0 Å². The first-order chi connectivity index (χ1) is 9.22. The highest BCUT2D eigenvalue weighted by atomic mass is 16.5. The fourth-order valence-corrected chi connectivity index (χ4v) is 2.46. The Labute approximate surface area is 111 Å². The van der Waals surface area contributed by atoms with E-state index in [2.05, 4.69) is 21.2 Å². The van der Waals surface area contributed by atoms with E-state index in [0.29, 0.717) is 6.61 Å². The molecule has 0 spiro atoms. The van der Waals surface area contributed by atoms with Crippen molar-refractivity contribution in [2.45, 2.75) is 13.5 Å². The van der Waals surface area contributed by atoms with Crippen LogP contribution in [-0.2, 0) is 18.4 Å². The van der Waals surface area contributed by atoms with Crippen LogP contribution in [0.3, 0.4) is 0 Å². The summed E-state index contributed by atoms with van der Waals surface area (Å²) in [6, 6.07) is 4.11. The Morgan fingerprint density at radius 2 is 2.21 bits per heavy atom. The summed E-state index contributed by atoms with van der Waals surface area (Å²) in [7, 11) is 3.68. The molecule has 0 saturated heterocycles. The SMILES string of the molecule is COCc1n[nH]c(C)c1-c1ccnc2c1ccn2C. The molecule has 3 heterocycles. The number of aromatic nitrogens is 4. The van der Waals surface area contributed by atoms with Crippen LogP contribution in [0.1, 0.15) is 11.4 Å². The van der Waals surface area contributed by atoms with Crippen LogP contribution in [0.4, 0.5) is 0 Å². The van der Waals surface area contributed by atoms with Crippen molar-refractivity contribution in [1.29, 1.82) is 0 Å². The zero-order valence-electron chi connectivity index (χ0n) is 11.3. The average Bonchev–Trinajstić information content (AvgIpc) is 2.95. The third-order valence-electron chi connectivity index (χ3n) is 3.34. The molecule has 0 saturated carbocycles. The van der Waals surface area contributed by atoms with E-state index in [1.165, 1.54) is 0 Å². The standard InChI is InChI=1S/C14H16N4O/c1-9-13(12(8-19-3)17-16-9)10-4-6-15-14-11(10)5-7-18(14)2/h4-7H,8H2,1-3H3,(H,16,17). The van der Waals surface area contributed by atoms with Crippen molar-refractivity contribution in [1.82, 2.24) is 19.7 Å². The van der Waals surface area contributed by atoms with E-state index < -0.39 is 0 Å². The number of methoxy groups -OCH3 is 1. The molecule has 0 aliphatic carbocycles. The Morgan fingerprint density at radius 1 is 1.37 bits per heavy atom. The number of rotatable bonds is 3. The lowest BCUT2D eigenvalue weighted by Crippen LogP contribution is -1.93. The van der Waals surface area contributed by atoms with E-state index in [9.17, 15) is 0 Å². The third-order valence-corrected chi connectivity index (χ3v) is 3.34. The van der Waals surface area contributed by atoms with E-state index in [1.807, 2.05) is 37.0 Å². The van der Waals surface area contributed by atoms with Gasteiger partial charge in [-0.25, -0.2) is 4.98 Å². The van der Waals surface area contributed by atoms with Crippen LogP contribution in [0.2, 0.25) is 0 Å². The minimum Gasteiger partial charge on any atom is -0.378 e. The van der Waals surface area contributed by atoms with Gasteiger partial charge in [-0.15, -0.1) is 0 Å². The van der Waals surface area contributed by atoms with E-state index in [1.54, 1.807) is 7.11 Å². The molecule has 0 atom stereocenters. The van der Waals surface area contributed by atoms with Gasteiger partial charge in [-0.1, -0.05) is 0 Å². The molecule has 0 bridgehead atoms. The van der Waals surface area contributed by atoms with Crippen molar-refractivity contribution in [3.05, 3.63) is 35.9 Å². The van der Waals surface area contributed by atoms with Gasteiger partial charge >= 0.3 is 0 Å². The molecule has 3 rings (SSSR count). The number of fused-ring (bicyclic) bond motifs is 1. The van der Waals surface area contributed by atoms with Gasteiger partial charge in [0.05, 0.1) is 12.3 Å². The predicted molar refractivity (Wildman–Crippen MR) is 73.7 cm³/mol. The Bertz CT molecular complexity index is 726. The lowest BCUT2D eigenvalue weighted by molar-refractivity contribution is 0.182. The molecular formula is C14H16N4O. The van der Waals surface area contributed by atoms with Crippen molar-refractivity contribution in [2.24, 2.45) is 7.05 Å². The van der Waals surface area contributed by atoms with Gasteiger partial charge in [0.25, 0.3) is 0 Å². The monoisotopic (exact) mass is 256 g/mol. The largest absolute Gasteiger partial charge is 0.378 e. The molecule has 19 heavy (non-hydrogen) atoms. The summed E-state index contributed by atoms with van der Waals surface area (Å²) in [6.45, 7) is 2.52. The Morgan fingerprint density at radius 3 is 3.00 bits per heavy atom. The van der Waals surface area contributed by atoms with E-state index >= 15 is 0 Å². The predicted octanol–water partition coefficient (Wildman–Crippen LogP) is 2.42. The van der Waals surface area contributed by atoms with Gasteiger partial charge in [-0.2, -0.15) is 5.10 Å². The number of hydrogen-bond donors (Lipinski definition) is 1. The summed E-state index contributed by atoms with van der Waals surface area (Å²) in [5, 5.41) is 8.48. The van der Waals surface area contributed by atoms with Crippen molar-refractivity contribution >= 4 is 11.0 Å². The van der Waals surface area contributed by atoms with Crippen LogP contribution in [0.5, 0.6) is 0 Å². The van der Waals surface area contributed by atoms with Gasteiger partial charge in [-0.3, -0.25) is 5.10 Å². The summed E-state index contributed by atoms with van der Waals surface area (Å²) in [6.07, 6.45) is 3.85. The first kappa shape index (κ1) is 11.9. The highest BCUT2D eigenvalue weighted by Crippen LogP contribution is 2.32. The minimum atomic E-state index is 0.496. The number of pyridine rings is 1. The highest BCUT2D eigenvalue weighted by molar-refractivity contribution is 5.94. The molecule has 0 amide bonds. The number of nitrogens with one attached hydrogen (secondary N) is 1. The summed E-state index contributed by atoms with van der Waals surface area (Å²) >= 11 is 0. The maximum absolute atomic E-state index is 5.22. The van der Waals surface area contributed by atoms with Crippen LogP contribution >= 0.6 is 0 Å². The van der Waals surface area contributed by atoms with Gasteiger partial charge < -0.3 is 9.30 Å². The van der Waals surface area contributed by atoms with Crippen LogP contribution in [-0.4, -0.2) is 26.9 Å². The smallest absolute Gasteiger partial charge is 0.140 e. The quantitative estimate of drug-likeness (QED) is 0.783. The maximum atomic E-state index is 5.22. The molecule has 5 heteroatoms. The maximum Gasteiger partial charge on any atom is 0.140 e. The van der Waals surface area contributed by atoms with E-state index in [0.717, 1.165) is 33.5 Å². The Kier molecular flexibility index (Phi) is 2.83. The molecule has 0 aliphatic rings. The average molecular weight is 256 g/mol. The topological polar surface area (TPSA) is 55.7 Å². The van der Waals surface area contributed by atoms with Gasteiger partial charge in [0.1, 0.15) is 5.65 Å². The highest BCUT2D eigenvalue weighted by Gasteiger charge is 2.15. The lowest BCUT2D eigenvalue weighted by atomic mass is 10.0. The summed E-state index contributed by atoms with van der Waals surface area (Å²) < 4.78 is 7.24. The van der Waals surface area contributed by atoms with Gasteiger partial charge in [-0.05, 0) is 24.6 Å². The number of H-pyrrole nitrogens is 1. The van der Waals surface area contributed by atoms with Gasteiger partial charge in [0.15, 0.2) is 0 Å². The van der Waals surface area contributed by atoms with Crippen molar-refractivity contribution < 1.29 is 4.74 Å². The fourth-order valence-electron chi connectivity index (χ4n) is 2.46. The second kappa shape index (κ2) is 4.51. The molecule has 1 N–H and O–H groups in total.